The van der Waals surface area contributed by atoms with E-state index in [0.717, 1.165) is 12.8 Å². The molecule has 2 aliphatic carbocycles. The molecule has 0 saturated carbocycles. The molecule has 0 radical (unpaired) electrons. The Morgan fingerprint density at radius 1 is 0.630 bits per heavy atom. The van der Waals surface area contributed by atoms with E-state index in [9.17, 15) is 0 Å². The summed E-state index contributed by atoms with van der Waals surface area (Å²) in [5.74, 6) is 0. The fourth-order valence-electron chi connectivity index (χ4n) is 2.93. The van der Waals surface area contributed by atoms with Crippen molar-refractivity contribution >= 4 is 36.0 Å². The Labute approximate surface area is 195 Å². The van der Waals surface area contributed by atoms with Crippen LogP contribution in [0.15, 0.2) is 72.8 Å². The van der Waals surface area contributed by atoms with Gasteiger partial charge in [-0.3, -0.25) is 0 Å². The van der Waals surface area contributed by atoms with E-state index in [4.69, 9.17) is 0 Å². The Kier molecular flexibility index (Phi) is 12.6. The van der Waals surface area contributed by atoms with Crippen LogP contribution >= 0.6 is 24.8 Å². The van der Waals surface area contributed by atoms with E-state index in [1.165, 1.54) is 33.4 Å². The van der Waals surface area contributed by atoms with Gasteiger partial charge < -0.3 is 0 Å². The Balaban J connectivity index is 0.000000451. The predicted molar refractivity (Wildman–Crippen MR) is 118 cm³/mol. The van der Waals surface area contributed by atoms with E-state index in [0.29, 0.717) is 0 Å². The van der Waals surface area contributed by atoms with Crippen LogP contribution in [0.4, 0.5) is 0 Å². The fraction of sp³-hybridized carbons (Fsp3) is 0.167. The van der Waals surface area contributed by atoms with Gasteiger partial charge in [0, 0.05) is 0 Å². The Bertz CT molecular complexity index is 773. The summed E-state index contributed by atoms with van der Waals surface area (Å²) in [6.07, 6.45) is 17.1. The predicted octanol–water partition coefficient (Wildman–Crippen LogP) is 7.12. The third kappa shape index (κ3) is 7.07. The van der Waals surface area contributed by atoms with Crippen LogP contribution in [0.1, 0.15) is 35.1 Å². The molecule has 0 heterocycles. The normalized spacial score (nSPS) is 13.3. The molecule has 0 bridgehead atoms. The van der Waals surface area contributed by atoms with Crippen LogP contribution < -0.4 is 0 Å². The molecule has 138 valence electrons. The van der Waals surface area contributed by atoms with Crippen molar-refractivity contribution in [2.24, 2.45) is 0 Å². The number of aryl methyl sites for hydroxylation is 2. The molecule has 0 saturated heterocycles. The van der Waals surface area contributed by atoms with Crippen LogP contribution in [-0.4, -0.2) is 0 Å². The zero-order valence-electron chi connectivity index (χ0n) is 15.7. The first-order valence-electron chi connectivity index (χ1n) is 8.42. The summed E-state index contributed by atoms with van der Waals surface area (Å²) >= 11 is 0. The smallest absolute Gasteiger partial charge is 0.197 e. The zero-order chi connectivity index (χ0) is 16.8. The first-order chi connectivity index (χ1) is 11.8. The molecule has 0 fully saturated rings. The van der Waals surface area contributed by atoms with Gasteiger partial charge in [0.1, 0.15) is 0 Å². The van der Waals surface area contributed by atoms with Crippen molar-refractivity contribution in [1.82, 2.24) is 0 Å². The average Bonchev–Trinajstić information content (AvgIpc) is 3.30. The van der Waals surface area contributed by atoms with Crippen LogP contribution in [0, 0.1) is 26.0 Å². The molecule has 2 aliphatic rings. The third-order valence-corrected chi connectivity index (χ3v) is 4.26. The molecule has 0 aromatic heterocycles. The molecule has 0 nitrogen and oxygen atoms in total. The van der Waals surface area contributed by atoms with Crippen molar-refractivity contribution in [1.29, 1.82) is 0 Å². The molecule has 0 spiro atoms. The molecule has 0 amide bonds. The number of allylic oxidation sites excluding steroid dienone is 8. The van der Waals surface area contributed by atoms with Crippen molar-refractivity contribution < 1.29 is 26.2 Å². The van der Waals surface area contributed by atoms with Crippen molar-refractivity contribution in [2.75, 3.05) is 0 Å². The van der Waals surface area contributed by atoms with Crippen LogP contribution in [0.5, 0.6) is 0 Å². The van der Waals surface area contributed by atoms with Gasteiger partial charge in [-0.15, -0.1) is 60.2 Å². The first-order valence-corrected chi connectivity index (χ1v) is 8.42. The Morgan fingerprint density at radius 3 is 1.30 bits per heavy atom. The molecule has 4 rings (SSSR count). The van der Waals surface area contributed by atoms with Crippen molar-refractivity contribution in [3.8, 4) is 0 Å². The second kappa shape index (κ2) is 13.1. The number of hydrogen-bond acceptors (Lipinski definition) is 0. The van der Waals surface area contributed by atoms with Gasteiger partial charge in [0.05, 0.1) is 0 Å². The minimum Gasteiger partial charge on any atom is -0.197 e. The minimum atomic E-state index is 0. The summed E-state index contributed by atoms with van der Waals surface area (Å²) in [6.45, 7) is 4.27. The van der Waals surface area contributed by atoms with Gasteiger partial charge >= 0.3 is 26.2 Å². The molecule has 2 aromatic carbocycles. The number of hydrogen-bond donors (Lipinski definition) is 0. The quantitative estimate of drug-likeness (QED) is 0.407. The van der Waals surface area contributed by atoms with Gasteiger partial charge in [0.15, 0.2) is 0 Å². The summed E-state index contributed by atoms with van der Waals surface area (Å²) in [4.78, 5) is 0. The van der Waals surface area contributed by atoms with Crippen LogP contribution in [-0.2, 0) is 26.2 Å². The maximum atomic E-state index is 3.32. The van der Waals surface area contributed by atoms with E-state index in [1.807, 2.05) is 0 Å². The third-order valence-electron chi connectivity index (χ3n) is 4.26. The number of halogens is 2. The standard InChI is InChI=1S/2C12H11.2ClH.Zr/c2*1-10-6-2-5-9-12(10)11-7-3-4-8-11;;;/h2*2-3,5-7,9H,4H2,1H3;2*1H;/q2*-1;;;+2. The van der Waals surface area contributed by atoms with E-state index >= 15 is 0 Å². The van der Waals surface area contributed by atoms with E-state index in [1.54, 1.807) is 0 Å². The second-order valence-corrected chi connectivity index (χ2v) is 6.02. The van der Waals surface area contributed by atoms with Crippen molar-refractivity contribution in [3.05, 3.63) is 107 Å². The summed E-state index contributed by atoms with van der Waals surface area (Å²) in [7, 11) is 0. The minimum absolute atomic E-state index is 0. The zero-order valence-corrected chi connectivity index (χ0v) is 19.7. The summed E-state index contributed by atoms with van der Waals surface area (Å²) < 4.78 is 0. The Hall–Kier alpha value is -1.14. The van der Waals surface area contributed by atoms with Crippen molar-refractivity contribution in [2.45, 2.75) is 26.7 Å². The van der Waals surface area contributed by atoms with Crippen LogP contribution in [0.2, 0.25) is 0 Å². The van der Waals surface area contributed by atoms with Gasteiger partial charge in [-0.05, 0) is 0 Å². The molecule has 0 atom stereocenters. The van der Waals surface area contributed by atoms with Crippen LogP contribution in [0.25, 0.3) is 11.1 Å². The molecule has 27 heavy (non-hydrogen) atoms. The molecular formula is C24H24Cl2Zr. The van der Waals surface area contributed by atoms with Gasteiger partial charge in [-0.1, -0.05) is 74.2 Å². The molecule has 0 aliphatic heterocycles. The monoisotopic (exact) mass is 472 g/mol. The largest absolute Gasteiger partial charge is 2.00 e. The topological polar surface area (TPSA) is 0 Å². The fourth-order valence-corrected chi connectivity index (χ4v) is 2.93. The molecule has 3 heteroatoms. The van der Waals surface area contributed by atoms with Gasteiger partial charge in [0.2, 0.25) is 0 Å². The van der Waals surface area contributed by atoms with Gasteiger partial charge in [-0.2, -0.15) is 35.5 Å². The summed E-state index contributed by atoms with van der Waals surface area (Å²) in [6, 6.07) is 16.8. The Morgan fingerprint density at radius 2 is 1.00 bits per heavy atom. The first kappa shape index (κ1) is 25.9. The summed E-state index contributed by atoms with van der Waals surface area (Å²) in [5.41, 5.74) is 7.76. The molecule has 2 aromatic rings. The second-order valence-electron chi connectivity index (χ2n) is 6.02. The van der Waals surface area contributed by atoms with E-state index < -0.39 is 0 Å². The molecular weight excluding hydrogens is 450 g/mol. The van der Waals surface area contributed by atoms with Gasteiger partial charge in [-0.25, -0.2) is 0 Å². The molecule has 0 N–H and O–H groups in total. The van der Waals surface area contributed by atoms with Gasteiger partial charge in [0.25, 0.3) is 0 Å². The number of rotatable bonds is 2. The summed E-state index contributed by atoms with van der Waals surface area (Å²) in [5, 5.41) is 0. The average molecular weight is 475 g/mol. The van der Waals surface area contributed by atoms with Crippen molar-refractivity contribution in [3.63, 3.8) is 0 Å². The molecule has 0 unspecified atom stereocenters. The maximum Gasteiger partial charge on any atom is 2.00 e. The maximum absolute atomic E-state index is 3.32. The number of benzene rings is 2. The van der Waals surface area contributed by atoms with E-state index in [2.05, 4.69) is 98.8 Å². The van der Waals surface area contributed by atoms with E-state index in [-0.39, 0.29) is 51.0 Å². The van der Waals surface area contributed by atoms with Crippen LogP contribution in [0.3, 0.4) is 0 Å². The SMILES string of the molecule is Cc1ccccc1C1=[C-]CC=C1.Cc1ccccc1C1=[C-]CC=C1.Cl.Cl.[Zr+2].